The summed E-state index contributed by atoms with van der Waals surface area (Å²) in [6, 6.07) is 15.5. The lowest BCUT2D eigenvalue weighted by Crippen LogP contribution is -2.21. The smallest absolute Gasteiger partial charge is 0.324 e. The van der Waals surface area contributed by atoms with Crippen LogP contribution in [0.1, 0.15) is 5.56 Å². The van der Waals surface area contributed by atoms with E-state index in [1.165, 1.54) is 12.1 Å². The summed E-state index contributed by atoms with van der Waals surface area (Å²) >= 11 is 17.9. The monoisotopic (exact) mass is 421 g/mol. The summed E-state index contributed by atoms with van der Waals surface area (Å²) in [4.78, 5) is 16.5. The van der Waals surface area contributed by atoms with Crippen molar-refractivity contribution in [3.05, 3.63) is 81.4 Å². The van der Waals surface area contributed by atoms with Crippen molar-refractivity contribution in [3.8, 4) is 5.75 Å². The summed E-state index contributed by atoms with van der Waals surface area (Å²) in [7, 11) is 0. The first-order valence-electron chi connectivity index (χ1n) is 7.87. The van der Waals surface area contributed by atoms with Crippen molar-refractivity contribution in [2.24, 2.45) is 0 Å². The van der Waals surface area contributed by atoms with E-state index in [9.17, 15) is 4.79 Å². The molecule has 0 aliphatic carbocycles. The number of carbonyl (C=O) groups excluding carboxylic acids is 1. The molecule has 0 spiro atoms. The highest BCUT2D eigenvalue weighted by atomic mass is 35.5. The van der Waals surface area contributed by atoms with Crippen LogP contribution in [0, 0.1) is 0 Å². The van der Waals surface area contributed by atoms with E-state index in [1.807, 2.05) is 30.3 Å². The summed E-state index contributed by atoms with van der Waals surface area (Å²) in [5.41, 5.74) is 1.32. The molecular weight excluding hydrogens is 409 g/mol. The van der Waals surface area contributed by atoms with Crippen LogP contribution in [0.25, 0.3) is 0 Å². The first-order valence-corrected chi connectivity index (χ1v) is 9.00. The minimum absolute atomic E-state index is 0.265. The van der Waals surface area contributed by atoms with Gasteiger partial charge in [0.15, 0.2) is 11.6 Å². The van der Waals surface area contributed by atoms with Crippen LogP contribution in [0.2, 0.25) is 15.1 Å². The van der Waals surface area contributed by atoms with Crippen LogP contribution in [0.3, 0.4) is 0 Å². The molecule has 0 aliphatic rings. The van der Waals surface area contributed by atoms with Gasteiger partial charge in [0.05, 0.1) is 20.8 Å². The van der Waals surface area contributed by atoms with Gasteiger partial charge in [0.1, 0.15) is 6.61 Å². The molecule has 138 valence electrons. The fraction of sp³-hybridized carbons (Fsp3) is 0.0526. The number of amides is 2. The largest absolute Gasteiger partial charge is 0.485 e. The second-order valence-electron chi connectivity index (χ2n) is 5.45. The maximum Gasteiger partial charge on any atom is 0.324 e. The molecule has 3 aromatic rings. The second kappa shape index (κ2) is 8.95. The minimum atomic E-state index is -0.543. The predicted molar refractivity (Wildman–Crippen MR) is 109 cm³/mol. The number of hydrogen-bond donors (Lipinski definition) is 2. The van der Waals surface area contributed by atoms with E-state index in [4.69, 9.17) is 39.5 Å². The van der Waals surface area contributed by atoms with Gasteiger partial charge in [0.25, 0.3) is 0 Å². The molecule has 27 heavy (non-hydrogen) atoms. The molecule has 0 radical (unpaired) electrons. The zero-order valence-corrected chi connectivity index (χ0v) is 16.1. The molecule has 2 aromatic carbocycles. The third kappa shape index (κ3) is 5.26. The summed E-state index contributed by atoms with van der Waals surface area (Å²) in [5.74, 6) is 0.721. The van der Waals surface area contributed by atoms with E-state index >= 15 is 0 Å². The number of nitrogens with zero attached hydrogens (tertiary/aromatic N) is 1. The molecule has 0 fully saturated rings. The Morgan fingerprint density at radius 2 is 1.67 bits per heavy atom. The molecule has 0 aliphatic heterocycles. The van der Waals surface area contributed by atoms with Gasteiger partial charge in [-0.25, -0.2) is 9.78 Å². The van der Waals surface area contributed by atoms with Crippen molar-refractivity contribution in [1.29, 1.82) is 0 Å². The molecule has 2 N–H and O–H groups in total. The number of pyridine rings is 1. The summed E-state index contributed by atoms with van der Waals surface area (Å²) in [6.45, 7) is 0.349. The number of nitrogens with one attached hydrogen (secondary N) is 2. The van der Waals surface area contributed by atoms with Crippen LogP contribution in [-0.2, 0) is 6.61 Å². The Bertz CT molecular complexity index is 952. The fourth-order valence-electron chi connectivity index (χ4n) is 2.22. The third-order valence-corrected chi connectivity index (χ3v) is 4.53. The van der Waals surface area contributed by atoms with Crippen molar-refractivity contribution in [3.63, 3.8) is 0 Å². The number of halogens is 3. The molecule has 3 rings (SSSR count). The van der Waals surface area contributed by atoms with Gasteiger partial charge in [-0.2, -0.15) is 0 Å². The second-order valence-corrected chi connectivity index (χ2v) is 6.67. The van der Waals surface area contributed by atoms with Gasteiger partial charge in [0, 0.05) is 6.20 Å². The van der Waals surface area contributed by atoms with Crippen molar-refractivity contribution < 1.29 is 9.53 Å². The molecule has 1 heterocycles. The van der Waals surface area contributed by atoms with E-state index in [1.54, 1.807) is 18.3 Å². The van der Waals surface area contributed by atoms with E-state index in [2.05, 4.69) is 15.6 Å². The van der Waals surface area contributed by atoms with Crippen molar-refractivity contribution >= 4 is 52.3 Å². The molecule has 2 amide bonds. The van der Waals surface area contributed by atoms with Crippen molar-refractivity contribution in [2.75, 3.05) is 10.6 Å². The standard InChI is InChI=1S/C19H14Cl3N3O2/c20-13-9-15(22)16(10-14(13)21)24-19(26)25-18-17(7-4-8-23-18)27-11-12-5-2-1-3-6-12/h1-10H,11H2,(H2,23,24,25,26). The number of hydrogen-bond acceptors (Lipinski definition) is 3. The van der Waals surface area contributed by atoms with Crippen LogP contribution in [0.4, 0.5) is 16.3 Å². The van der Waals surface area contributed by atoms with E-state index in [-0.39, 0.29) is 15.9 Å². The Balaban J connectivity index is 1.68. The third-order valence-electron chi connectivity index (χ3n) is 3.50. The van der Waals surface area contributed by atoms with Gasteiger partial charge in [0.2, 0.25) is 0 Å². The highest BCUT2D eigenvalue weighted by Crippen LogP contribution is 2.32. The van der Waals surface area contributed by atoms with Crippen LogP contribution in [0.15, 0.2) is 60.8 Å². The van der Waals surface area contributed by atoms with Crippen molar-refractivity contribution in [1.82, 2.24) is 4.98 Å². The van der Waals surface area contributed by atoms with Crippen molar-refractivity contribution in [2.45, 2.75) is 6.61 Å². The van der Waals surface area contributed by atoms with Gasteiger partial charge in [-0.15, -0.1) is 0 Å². The minimum Gasteiger partial charge on any atom is -0.485 e. The average molecular weight is 423 g/mol. The summed E-state index contributed by atoms with van der Waals surface area (Å²) in [6.07, 6.45) is 1.55. The maximum absolute atomic E-state index is 12.3. The number of urea groups is 1. The van der Waals surface area contributed by atoms with E-state index < -0.39 is 6.03 Å². The topological polar surface area (TPSA) is 63.2 Å². The normalized spacial score (nSPS) is 10.3. The molecule has 8 heteroatoms. The molecular formula is C19H14Cl3N3O2. The zero-order valence-electron chi connectivity index (χ0n) is 13.9. The molecule has 0 atom stereocenters. The van der Waals surface area contributed by atoms with Gasteiger partial charge in [-0.1, -0.05) is 65.1 Å². The van der Waals surface area contributed by atoms with E-state index in [0.29, 0.717) is 23.1 Å². The van der Waals surface area contributed by atoms with Crippen LogP contribution >= 0.6 is 34.8 Å². The lowest BCUT2D eigenvalue weighted by atomic mass is 10.2. The lowest BCUT2D eigenvalue weighted by Gasteiger charge is -2.13. The van der Waals surface area contributed by atoms with Crippen LogP contribution < -0.4 is 15.4 Å². The first kappa shape index (κ1) is 19.3. The number of ether oxygens (including phenoxy) is 1. The van der Waals surface area contributed by atoms with Gasteiger partial charge >= 0.3 is 6.03 Å². The maximum atomic E-state index is 12.3. The van der Waals surface area contributed by atoms with Gasteiger partial charge < -0.3 is 10.1 Å². The summed E-state index contributed by atoms with van der Waals surface area (Å²) < 4.78 is 5.76. The Morgan fingerprint density at radius 3 is 2.44 bits per heavy atom. The molecule has 1 aromatic heterocycles. The Hall–Kier alpha value is -2.47. The van der Waals surface area contributed by atoms with Gasteiger partial charge in [-0.3, -0.25) is 5.32 Å². The van der Waals surface area contributed by atoms with E-state index in [0.717, 1.165) is 5.56 Å². The van der Waals surface area contributed by atoms with Crippen LogP contribution in [-0.4, -0.2) is 11.0 Å². The fourth-order valence-corrected chi connectivity index (χ4v) is 2.81. The lowest BCUT2D eigenvalue weighted by molar-refractivity contribution is 0.261. The number of carbonyl (C=O) groups is 1. The number of aromatic nitrogens is 1. The number of rotatable bonds is 5. The first-order chi connectivity index (χ1) is 13.0. The van der Waals surface area contributed by atoms with Gasteiger partial charge in [-0.05, 0) is 29.8 Å². The number of anilines is 2. The highest BCUT2D eigenvalue weighted by molar-refractivity contribution is 6.44. The summed E-state index contributed by atoms with van der Waals surface area (Å²) in [5, 5.41) is 6.09. The Labute approximate surface area is 171 Å². The Morgan fingerprint density at radius 1 is 0.926 bits per heavy atom. The predicted octanol–water partition coefficient (Wildman–Crippen LogP) is 6.26. The Kier molecular flexibility index (Phi) is 6.40. The SMILES string of the molecule is O=C(Nc1cc(Cl)c(Cl)cc1Cl)Nc1ncccc1OCc1ccccc1. The average Bonchev–Trinajstić information content (AvgIpc) is 2.66. The highest BCUT2D eigenvalue weighted by Gasteiger charge is 2.12. The molecule has 5 nitrogen and oxygen atoms in total. The molecule has 0 saturated heterocycles. The zero-order chi connectivity index (χ0) is 19.2. The molecule has 0 unspecified atom stereocenters. The number of benzene rings is 2. The van der Waals surface area contributed by atoms with Crippen LogP contribution in [0.5, 0.6) is 5.75 Å². The molecule has 0 bridgehead atoms. The quantitative estimate of drug-likeness (QED) is 0.477. The molecule has 0 saturated carbocycles.